The number of hydrogen-bond acceptors (Lipinski definition) is 2. The van der Waals surface area contributed by atoms with Crippen LogP contribution >= 0.6 is 11.6 Å². The summed E-state index contributed by atoms with van der Waals surface area (Å²) in [5.74, 6) is 0.593. The maximum Gasteiger partial charge on any atom is 0.163 e. The van der Waals surface area contributed by atoms with Crippen LogP contribution in [0.4, 0.5) is 0 Å². The first-order valence-electron chi connectivity index (χ1n) is 6.05. The zero-order valence-corrected chi connectivity index (χ0v) is 11.7. The van der Waals surface area contributed by atoms with Crippen LogP contribution in [-0.2, 0) is 6.61 Å². The van der Waals surface area contributed by atoms with Gasteiger partial charge in [-0.1, -0.05) is 41.4 Å². The van der Waals surface area contributed by atoms with Gasteiger partial charge in [0.25, 0.3) is 0 Å². The fourth-order valence-electron chi connectivity index (χ4n) is 1.82. The number of ketones is 1. The molecule has 0 spiro atoms. The first kappa shape index (κ1) is 13.6. The van der Waals surface area contributed by atoms with E-state index in [0.717, 1.165) is 11.1 Å². The number of aryl methyl sites for hydroxylation is 1. The van der Waals surface area contributed by atoms with E-state index in [1.165, 1.54) is 6.92 Å². The molecule has 0 amide bonds. The van der Waals surface area contributed by atoms with E-state index in [1.54, 1.807) is 0 Å². The second kappa shape index (κ2) is 5.89. The van der Waals surface area contributed by atoms with Crippen molar-refractivity contribution in [2.45, 2.75) is 20.5 Å². The average Bonchev–Trinajstić information content (AvgIpc) is 2.38. The first-order valence-corrected chi connectivity index (χ1v) is 6.43. The van der Waals surface area contributed by atoms with Gasteiger partial charge in [-0.15, -0.1) is 0 Å². The summed E-state index contributed by atoms with van der Waals surface area (Å²) in [5, 5.41) is 0.666. The second-order valence-corrected chi connectivity index (χ2v) is 4.84. The highest BCUT2D eigenvalue weighted by molar-refractivity contribution is 6.31. The van der Waals surface area contributed by atoms with Gasteiger partial charge in [-0.2, -0.15) is 0 Å². The molecular formula is C16H15ClO2. The van der Waals surface area contributed by atoms with Gasteiger partial charge < -0.3 is 4.74 Å². The van der Waals surface area contributed by atoms with Crippen molar-refractivity contribution in [3.8, 4) is 5.75 Å². The smallest absolute Gasteiger partial charge is 0.163 e. The van der Waals surface area contributed by atoms with E-state index in [4.69, 9.17) is 16.3 Å². The molecule has 19 heavy (non-hydrogen) atoms. The number of Topliss-reactive ketones (excluding diaryl/α,β-unsaturated/α-hetero) is 1. The summed E-state index contributed by atoms with van der Waals surface area (Å²) in [6.07, 6.45) is 0. The van der Waals surface area contributed by atoms with Crippen molar-refractivity contribution >= 4 is 17.4 Å². The fourth-order valence-corrected chi connectivity index (χ4v) is 2.01. The summed E-state index contributed by atoms with van der Waals surface area (Å²) in [5.41, 5.74) is 2.54. The molecule has 0 N–H and O–H groups in total. The Morgan fingerprint density at radius 1 is 1.21 bits per heavy atom. The van der Waals surface area contributed by atoms with Crippen LogP contribution in [0, 0.1) is 6.92 Å². The Hall–Kier alpha value is -1.80. The lowest BCUT2D eigenvalue weighted by Gasteiger charge is -2.11. The van der Waals surface area contributed by atoms with Crippen LogP contribution < -0.4 is 4.74 Å². The molecule has 0 aliphatic heterocycles. The van der Waals surface area contributed by atoms with Gasteiger partial charge in [-0.3, -0.25) is 4.79 Å². The van der Waals surface area contributed by atoms with Crippen molar-refractivity contribution in [2.24, 2.45) is 0 Å². The average molecular weight is 275 g/mol. The van der Waals surface area contributed by atoms with E-state index in [-0.39, 0.29) is 5.78 Å². The molecule has 0 bridgehead atoms. The van der Waals surface area contributed by atoms with Crippen LogP contribution in [0.5, 0.6) is 5.75 Å². The van der Waals surface area contributed by atoms with E-state index in [9.17, 15) is 4.79 Å². The number of ether oxygens (including phenoxy) is 1. The summed E-state index contributed by atoms with van der Waals surface area (Å²) in [6, 6.07) is 13.1. The minimum atomic E-state index is -0.00198. The van der Waals surface area contributed by atoms with Gasteiger partial charge in [-0.25, -0.2) is 0 Å². The molecule has 0 unspecified atom stereocenters. The Labute approximate surface area is 118 Å². The molecule has 2 aromatic rings. The van der Waals surface area contributed by atoms with Gasteiger partial charge in [-0.05, 0) is 32.0 Å². The van der Waals surface area contributed by atoms with Gasteiger partial charge in [0.05, 0.1) is 5.56 Å². The van der Waals surface area contributed by atoms with Crippen LogP contribution in [0.15, 0.2) is 42.5 Å². The molecule has 3 heteroatoms. The Balaban J connectivity index is 2.20. The Bertz CT molecular complexity index is 605. The molecule has 0 aliphatic rings. The zero-order chi connectivity index (χ0) is 13.8. The highest BCUT2D eigenvalue weighted by Crippen LogP contribution is 2.23. The molecule has 0 heterocycles. The Morgan fingerprint density at radius 2 is 1.95 bits per heavy atom. The molecule has 0 saturated carbocycles. The largest absolute Gasteiger partial charge is 0.488 e. The standard InChI is InChI=1S/C16H15ClO2/c1-11-7-8-16(14(9-11)12(2)18)19-10-13-5-3-4-6-15(13)17/h3-9H,10H2,1-2H3. The van der Waals surface area contributed by atoms with Crippen LogP contribution in [0.2, 0.25) is 5.02 Å². The highest BCUT2D eigenvalue weighted by Gasteiger charge is 2.09. The molecule has 2 rings (SSSR count). The lowest BCUT2D eigenvalue weighted by atomic mass is 10.1. The third-order valence-corrected chi connectivity index (χ3v) is 3.22. The normalized spacial score (nSPS) is 10.3. The van der Waals surface area contributed by atoms with Crippen molar-refractivity contribution in [3.05, 3.63) is 64.2 Å². The van der Waals surface area contributed by atoms with E-state index >= 15 is 0 Å². The highest BCUT2D eigenvalue weighted by atomic mass is 35.5. The molecule has 0 saturated heterocycles. The predicted molar refractivity (Wildman–Crippen MR) is 77.0 cm³/mol. The van der Waals surface area contributed by atoms with Gasteiger partial charge >= 0.3 is 0 Å². The molecule has 98 valence electrons. The summed E-state index contributed by atoms with van der Waals surface area (Å²) in [7, 11) is 0. The predicted octanol–water partition coefficient (Wildman–Crippen LogP) is 4.43. The number of carbonyl (C=O) groups excluding carboxylic acids is 1. The maximum absolute atomic E-state index is 11.6. The molecule has 0 fully saturated rings. The summed E-state index contributed by atoms with van der Waals surface area (Å²) in [4.78, 5) is 11.6. The minimum absolute atomic E-state index is 0.00198. The summed E-state index contributed by atoms with van der Waals surface area (Å²) in [6.45, 7) is 3.84. The fraction of sp³-hybridized carbons (Fsp3) is 0.188. The number of hydrogen-bond donors (Lipinski definition) is 0. The SMILES string of the molecule is CC(=O)c1cc(C)ccc1OCc1ccccc1Cl. The molecular weight excluding hydrogens is 260 g/mol. The summed E-state index contributed by atoms with van der Waals surface area (Å²) >= 11 is 6.07. The van der Waals surface area contributed by atoms with Gasteiger partial charge in [0.1, 0.15) is 12.4 Å². The van der Waals surface area contributed by atoms with Gasteiger partial charge in [0.2, 0.25) is 0 Å². The monoisotopic (exact) mass is 274 g/mol. The molecule has 2 nitrogen and oxygen atoms in total. The Morgan fingerprint density at radius 3 is 2.63 bits per heavy atom. The molecule has 2 aromatic carbocycles. The Kier molecular flexibility index (Phi) is 4.23. The number of benzene rings is 2. The first-order chi connectivity index (χ1) is 9.08. The van der Waals surface area contributed by atoms with Crippen molar-refractivity contribution in [1.29, 1.82) is 0 Å². The lowest BCUT2D eigenvalue weighted by Crippen LogP contribution is -2.02. The quantitative estimate of drug-likeness (QED) is 0.771. The third kappa shape index (κ3) is 3.36. The summed E-state index contributed by atoms with van der Waals surface area (Å²) < 4.78 is 5.72. The van der Waals surface area contributed by atoms with Crippen molar-refractivity contribution in [1.82, 2.24) is 0 Å². The van der Waals surface area contributed by atoms with Gasteiger partial charge in [0.15, 0.2) is 5.78 Å². The molecule has 0 atom stereocenters. The maximum atomic E-state index is 11.6. The second-order valence-electron chi connectivity index (χ2n) is 4.44. The lowest BCUT2D eigenvalue weighted by molar-refractivity contribution is 0.101. The van der Waals surface area contributed by atoms with Crippen LogP contribution in [0.1, 0.15) is 28.4 Å². The van der Waals surface area contributed by atoms with Crippen molar-refractivity contribution in [3.63, 3.8) is 0 Å². The topological polar surface area (TPSA) is 26.3 Å². The molecule has 0 aliphatic carbocycles. The van der Waals surface area contributed by atoms with Crippen LogP contribution in [0.25, 0.3) is 0 Å². The van der Waals surface area contributed by atoms with Gasteiger partial charge in [0, 0.05) is 10.6 Å². The molecule has 0 aromatic heterocycles. The number of halogens is 1. The van der Waals surface area contributed by atoms with Crippen molar-refractivity contribution in [2.75, 3.05) is 0 Å². The van der Waals surface area contributed by atoms with E-state index in [2.05, 4.69) is 0 Å². The molecule has 0 radical (unpaired) electrons. The number of rotatable bonds is 4. The third-order valence-electron chi connectivity index (χ3n) is 2.86. The van der Waals surface area contributed by atoms with E-state index in [1.807, 2.05) is 49.4 Å². The van der Waals surface area contributed by atoms with Crippen LogP contribution in [-0.4, -0.2) is 5.78 Å². The van der Waals surface area contributed by atoms with Crippen LogP contribution in [0.3, 0.4) is 0 Å². The minimum Gasteiger partial charge on any atom is -0.488 e. The van der Waals surface area contributed by atoms with E-state index < -0.39 is 0 Å². The van der Waals surface area contributed by atoms with Crippen molar-refractivity contribution < 1.29 is 9.53 Å². The zero-order valence-electron chi connectivity index (χ0n) is 10.9. The van der Waals surface area contributed by atoms with E-state index in [0.29, 0.717) is 22.9 Å². The number of carbonyl (C=O) groups is 1.